The second-order valence-electron chi connectivity index (χ2n) is 10.3. The van der Waals surface area contributed by atoms with E-state index in [1.165, 1.54) is 7.11 Å². The number of aromatic amines is 1. The van der Waals surface area contributed by atoms with E-state index in [9.17, 15) is 31.9 Å². The normalized spacial score (nSPS) is 18.4. The average Bonchev–Trinajstić information content (AvgIpc) is 3.58. The van der Waals surface area contributed by atoms with Gasteiger partial charge in [0, 0.05) is 24.8 Å². The van der Waals surface area contributed by atoms with Gasteiger partial charge in [-0.3, -0.25) is 19.1 Å². The molecule has 3 heterocycles. The first-order chi connectivity index (χ1) is 20.2. The number of allylic oxidation sites excluding steroid dienone is 1. The molecule has 2 aliphatic rings. The molecule has 0 aromatic carbocycles. The van der Waals surface area contributed by atoms with Crippen LogP contribution >= 0.6 is 0 Å². The molecule has 3 N–H and O–H groups in total. The van der Waals surface area contributed by atoms with Crippen molar-refractivity contribution in [3.63, 3.8) is 0 Å². The SMILES string of the molecule is COCC(c1cc(F)c[nH]c1=O)n1cc(NC(=O)C(NC(=O)c2nonc2C2CC2)C2CCC(=C(F)F)CC2)c(F)n1. The summed E-state index contributed by atoms with van der Waals surface area (Å²) in [6.45, 7) is -0.183. The van der Waals surface area contributed by atoms with Crippen molar-refractivity contribution >= 4 is 17.5 Å². The Balaban J connectivity index is 1.39. The predicted molar refractivity (Wildman–Crippen MR) is 137 cm³/mol. The zero-order chi connectivity index (χ0) is 30.0. The Morgan fingerprint density at radius 3 is 2.60 bits per heavy atom. The monoisotopic (exact) mass is 593 g/mol. The Hall–Kier alpha value is -4.34. The predicted octanol–water partition coefficient (Wildman–Crippen LogP) is 3.42. The molecule has 5 rings (SSSR count). The third kappa shape index (κ3) is 6.27. The molecule has 0 bridgehead atoms. The van der Waals surface area contributed by atoms with Crippen LogP contribution < -0.4 is 16.2 Å². The number of amides is 2. The first-order valence-corrected chi connectivity index (χ1v) is 13.2. The van der Waals surface area contributed by atoms with Gasteiger partial charge in [0.05, 0.1) is 12.8 Å². The number of hydrogen-bond donors (Lipinski definition) is 3. The van der Waals surface area contributed by atoms with Crippen molar-refractivity contribution in [1.82, 2.24) is 30.4 Å². The van der Waals surface area contributed by atoms with Gasteiger partial charge in [0.1, 0.15) is 29.3 Å². The largest absolute Gasteiger partial charge is 0.382 e. The summed E-state index contributed by atoms with van der Waals surface area (Å²) in [5.41, 5.74) is -0.863. The van der Waals surface area contributed by atoms with Crippen LogP contribution in [0.5, 0.6) is 0 Å². The number of anilines is 1. The molecule has 2 fully saturated rings. The first kappa shape index (κ1) is 29.2. The fourth-order valence-corrected chi connectivity index (χ4v) is 5.11. The molecule has 16 heteroatoms. The zero-order valence-corrected chi connectivity index (χ0v) is 22.3. The Bertz CT molecular complexity index is 1550. The Morgan fingerprint density at radius 1 is 1.19 bits per heavy atom. The number of halogens is 4. The minimum atomic E-state index is -1.77. The number of carbonyl (C=O) groups excluding carboxylic acids is 2. The van der Waals surface area contributed by atoms with Gasteiger partial charge in [-0.05, 0) is 61.2 Å². The molecule has 2 saturated carbocycles. The standard InChI is InChI=1S/C26H27F4N7O5/c1-41-11-18(16-8-15(27)9-31-24(16)38)37-10-17(23(30)34-37)32-25(39)20(13-4-6-14(7-5-13)22(28)29)33-26(40)21-19(12-2-3-12)35-42-36-21/h8-10,12-13,18,20H,2-7,11H2,1H3,(H,31,38)(H,32,39)(H,33,40). The summed E-state index contributed by atoms with van der Waals surface area (Å²) in [7, 11) is 1.33. The topological polar surface area (TPSA) is 157 Å². The van der Waals surface area contributed by atoms with Gasteiger partial charge in [-0.15, -0.1) is 5.10 Å². The van der Waals surface area contributed by atoms with Crippen LogP contribution in [0.3, 0.4) is 0 Å². The van der Waals surface area contributed by atoms with Gasteiger partial charge < -0.3 is 20.4 Å². The number of nitrogens with one attached hydrogen (secondary N) is 3. The lowest BCUT2D eigenvalue weighted by Crippen LogP contribution is -2.49. The molecule has 3 aromatic rings. The van der Waals surface area contributed by atoms with Crippen molar-refractivity contribution in [1.29, 1.82) is 0 Å². The molecular weight excluding hydrogens is 566 g/mol. The van der Waals surface area contributed by atoms with Crippen molar-refractivity contribution in [2.75, 3.05) is 19.0 Å². The van der Waals surface area contributed by atoms with Crippen molar-refractivity contribution in [2.45, 2.75) is 56.5 Å². The Labute approximate surface area is 235 Å². The van der Waals surface area contributed by atoms with Crippen LogP contribution in [0.15, 0.2) is 39.5 Å². The second kappa shape index (κ2) is 12.3. The Morgan fingerprint density at radius 2 is 1.93 bits per heavy atom. The zero-order valence-electron chi connectivity index (χ0n) is 22.3. The molecule has 12 nitrogen and oxygen atoms in total. The van der Waals surface area contributed by atoms with E-state index in [4.69, 9.17) is 9.37 Å². The van der Waals surface area contributed by atoms with Crippen LogP contribution in [0.2, 0.25) is 0 Å². The molecule has 0 radical (unpaired) electrons. The van der Waals surface area contributed by atoms with Crippen LogP contribution in [-0.4, -0.2) is 56.7 Å². The van der Waals surface area contributed by atoms with E-state index in [2.05, 4.69) is 31.0 Å². The van der Waals surface area contributed by atoms with Gasteiger partial charge in [-0.25, -0.2) is 9.02 Å². The molecule has 2 amide bonds. The summed E-state index contributed by atoms with van der Waals surface area (Å²) >= 11 is 0. The number of carbonyl (C=O) groups is 2. The molecule has 0 saturated heterocycles. The smallest absolute Gasteiger partial charge is 0.276 e. The van der Waals surface area contributed by atoms with E-state index in [1.54, 1.807) is 0 Å². The summed E-state index contributed by atoms with van der Waals surface area (Å²) in [5, 5.41) is 16.2. The van der Waals surface area contributed by atoms with Crippen molar-refractivity contribution in [2.24, 2.45) is 5.92 Å². The van der Waals surface area contributed by atoms with Crippen molar-refractivity contribution in [3.05, 3.63) is 69.2 Å². The summed E-state index contributed by atoms with van der Waals surface area (Å²) in [6.07, 6.45) is 2.20. The third-order valence-corrected chi connectivity index (χ3v) is 7.48. The summed E-state index contributed by atoms with van der Waals surface area (Å²) in [6, 6.07) is -1.34. The quantitative estimate of drug-likeness (QED) is 0.302. The average molecular weight is 594 g/mol. The minimum Gasteiger partial charge on any atom is -0.382 e. The fraction of sp³-hybridized carbons (Fsp3) is 0.462. The van der Waals surface area contributed by atoms with Crippen molar-refractivity contribution < 1.29 is 36.5 Å². The molecule has 0 aliphatic heterocycles. The lowest BCUT2D eigenvalue weighted by molar-refractivity contribution is -0.119. The number of H-pyrrole nitrogens is 1. The highest BCUT2D eigenvalue weighted by atomic mass is 19.3. The number of rotatable bonds is 10. The van der Waals surface area contributed by atoms with Gasteiger partial charge in [-0.1, -0.05) is 5.16 Å². The van der Waals surface area contributed by atoms with Crippen LogP contribution in [-0.2, 0) is 9.53 Å². The molecule has 0 spiro atoms. The van der Waals surface area contributed by atoms with E-state index in [0.717, 1.165) is 36.0 Å². The van der Waals surface area contributed by atoms with Crippen LogP contribution in [0.1, 0.15) is 72.2 Å². The fourth-order valence-electron chi connectivity index (χ4n) is 5.11. The minimum absolute atomic E-state index is 0.0164. The number of aromatic nitrogens is 5. The van der Waals surface area contributed by atoms with E-state index >= 15 is 0 Å². The van der Waals surface area contributed by atoms with Crippen molar-refractivity contribution in [3.8, 4) is 0 Å². The van der Waals surface area contributed by atoms with Gasteiger partial charge in [0.2, 0.25) is 5.91 Å². The number of methoxy groups -OCH3 is 1. The molecule has 2 atom stereocenters. The number of ether oxygens (including phenoxy) is 1. The maximum Gasteiger partial charge on any atom is 0.276 e. The molecule has 3 aromatic heterocycles. The highest BCUT2D eigenvalue weighted by molar-refractivity contribution is 6.01. The highest BCUT2D eigenvalue weighted by Gasteiger charge is 2.37. The van der Waals surface area contributed by atoms with Gasteiger partial charge in [0.25, 0.3) is 23.5 Å². The van der Waals surface area contributed by atoms with E-state index < -0.39 is 53.2 Å². The molecule has 42 heavy (non-hydrogen) atoms. The number of nitrogens with zero attached hydrogens (tertiary/aromatic N) is 4. The maximum absolute atomic E-state index is 15.0. The number of hydrogen-bond acceptors (Lipinski definition) is 8. The molecule has 2 aliphatic carbocycles. The lowest BCUT2D eigenvalue weighted by atomic mass is 9.81. The van der Waals surface area contributed by atoms with Gasteiger partial charge in [-0.2, -0.15) is 13.2 Å². The van der Waals surface area contributed by atoms with Crippen LogP contribution in [0.25, 0.3) is 0 Å². The summed E-state index contributed by atoms with van der Waals surface area (Å²) in [4.78, 5) is 41.2. The van der Waals surface area contributed by atoms with Gasteiger partial charge >= 0.3 is 0 Å². The molecule has 2 unspecified atom stereocenters. The Kier molecular flexibility index (Phi) is 8.51. The van der Waals surface area contributed by atoms with Crippen LogP contribution in [0, 0.1) is 17.7 Å². The van der Waals surface area contributed by atoms with Gasteiger partial charge in [0.15, 0.2) is 5.69 Å². The van der Waals surface area contributed by atoms with E-state index in [0.29, 0.717) is 5.69 Å². The lowest BCUT2D eigenvalue weighted by Gasteiger charge is -2.30. The van der Waals surface area contributed by atoms with E-state index in [1.807, 2.05) is 0 Å². The van der Waals surface area contributed by atoms with E-state index in [-0.39, 0.29) is 60.7 Å². The number of pyridine rings is 1. The molecular formula is C26H27F4N7O5. The molecule has 224 valence electrons. The van der Waals surface area contributed by atoms with Crippen LogP contribution in [0.4, 0.5) is 23.2 Å². The maximum atomic E-state index is 15.0. The summed E-state index contributed by atoms with van der Waals surface area (Å²) < 4.78 is 66.0. The highest BCUT2D eigenvalue weighted by Crippen LogP contribution is 2.40. The third-order valence-electron chi connectivity index (χ3n) is 7.48. The second-order valence-corrected chi connectivity index (χ2v) is 10.3. The first-order valence-electron chi connectivity index (χ1n) is 13.2. The summed E-state index contributed by atoms with van der Waals surface area (Å²) in [5.74, 6) is -3.96.